The highest BCUT2D eigenvalue weighted by molar-refractivity contribution is 7.47. The Balaban J connectivity index is 4.47. The third-order valence-electron chi connectivity index (χ3n) is 8.54. The van der Waals surface area contributed by atoms with E-state index in [0.717, 1.165) is 70.6 Å². The Kier molecular flexibility index (Phi) is 39.2. The molecule has 1 unspecified atom stereocenters. The summed E-state index contributed by atoms with van der Waals surface area (Å²) in [5.41, 5.74) is 0. The number of aliphatic hydroxyl groups excluding tert-OH is 2. The Morgan fingerprint density at radius 2 is 0.947 bits per heavy atom. The van der Waals surface area contributed by atoms with Crippen molar-refractivity contribution in [3.05, 3.63) is 85.1 Å². The minimum absolute atomic E-state index is 0.110. The van der Waals surface area contributed by atoms with Gasteiger partial charge in [-0.3, -0.25) is 18.6 Å². The van der Waals surface area contributed by atoms with Crippen molar-refractivity contribution in [2.24, 2.45) is 0 Å². The number of ether oxygens (including phenoxy) is 2. The minimum Gasteiger partial charge on any atom is -0.462 e. The second kappa shape index (κ2) is 41.3. The first kappa shape index (κ1) is 54.2. The standard InChI is InChI=1S/C46H77O10P/c1-3-5-7-9-11-13-15-17-19-20-21-22-24-25-27-29-31-33-35-37-45(49)53-41-44(42-55-57(51,52)54-40-43(48)39-47)56-46(50)38-36-34-32-30-28-26-23-18-16-14-12-10-8-6-4-2/h11-14,17-19,21-23,25,27,31,33,43-44,47-48H,3-10,15-16,20,24,26,28-30,32,34-42H2,1-2H3,(H,51,52)/b13-11-,14-12-,19-17-,22-21-,23-18-,27-25-,33-31-/t43-,44+/m0/s1. The van der Waals surface area contributed by atoms with Crippen LogP contribution in [0.4, 0.5) is 0 Å². The van der Waals surface area contributed by atoms with Gasteiger partial charge in [0, 0.05) is 12.8 Å². The Bertz CT molecular complexity index is 1220. The summed E-state index contributed by atoms with van der Waals surface area (Å²) in [6, 6.07) is 0. The second-order valence-corrected chi connectivity index (χ2v) is 15.5. The van der Waals surface area contributed by atoms with Crippen LogP contribution in [0.3, 0.4) is 0 Å². The van der Waals surface area contributed by atoms with Crippen LogP contribution in [0.2, 0.25) is 0 Å². The molecule has 10 nitrogen and oxygen atoms in total. The van der Waals surface area contributed by atoms with Gasteiger partial charge in [-0.1, -0.05) is 144 Å². The number of carbonyl (C=O) groups excluding carboxylic acids is 2. The molecule has 0 aromatic rings. The maximum absolute atomic E-state index is 12.6. The third kappa shape index (κ3) is 41.1. The number of aliphatic hydroxyl groups is 2. The van der Waals surface area contributed by atoms with Crippen LogP contribution in [0.25, 0.3) is 0 Å². The zero-order chi connectivity index (χ0) is 41.9. The fraction of sp³-hybridized carbons (Fsp3) is 0.652. The fourth-order valence-electron chi connectivity index (χ4n) is 5.18. The molecule has 11 heteroatoms. The molecule has 3 atom stereocenters. The molecule has 326 valence electrons. The highest BCUT2D eigenvalue weighted by Gasteiger charge is 2.27. The maximum atomic E-state index is 12.6. The zero-order valence-electron chi connectivity index (χ0n) is 35.3. The molecule has 0 saturated carbocycles. The van der Waals surface area contributed by atoms with Gasteiger partial charge in [-0.15, -0.1) is 0 Å². The van der Waals surface area contributed by atoms with Crippen LogP contribution in [0.1, 0.15) is 155 Å². The molecule has 0 saturated heterocycles. The molecule has 0 bridgehead atoms. The number of phosphoric acid groups is 1. The molecule has 0 amide bonds. The number of hydrogen-bond acceptors (Lipinski definition) is 9. The highest BCUT2D eigenvalue weighted by Crippen LogP contribution is 2.43. The van der Waals surface area contributed by atoms with E-state index >= 15 is 0 Å². The predicted molar refractivity (Wildman–Crippen MR) is 233 cm³/mol. The molecule has 57 heavy (non-hydrogen) atoms. The van der Waals surface area contributed by atoms with Crippen molar-refractivity contribution < 1.29 is 47.8 Å². The molecule has 0 aliphatic rings. The predicted octanol–water partition coefficient (Wildman–Crippen LogP) is 11.4. The Labute approximate surface area is 345 Å². The Morgan fingerprint density at radius 1 is 0.526 bits per heavy atom. The monoisotopic (exact) mass is 821 g/mol. The summed E-state index contributed by atoms with van der Waals surface area (Å²) in [6.45, 7) is 2.20. The quantitative estimate of drug-likeness (QED) is 0.0237. The molecule has 0 aromatic carbocycles. The van der Waals surface area contributed by atoms with E-state index in [9.17, 15) is 24.2 Å². The average Bonchev–Trinajstić information content (AvgIpc) is 3.20. The van der Waals surface area contributed by atoms with Crippen molar-refractivity contribution in [1.82, 2.24) is 0 Å². The summed E-state index contributed by atoms with van der Waals surface area (Å²) in [6.07, 6.45) is 48.4. The van der Waals surface area contributed by atoms with Crippen molar-refractivity contribution in [3.8, 4) is 0 Å². The van der Waals surface area contributed by atoms with Gasteiger partial charge in [0.2, 0.25) is 0 Å². The van der Waals surface area contributed by atoms with Crippen molar-refractivity contribution >= 4 is 19.8 Å². The molecule has 0 aromatic heterocycles. The van der Waals surface area contributed by atoms with Crippen LogP contribution < -0.4 is 0 Å². The zero-order valence-corrected chi connectivity index (χ0v) is 36.2. The number of esters is 2. The molecule has 0 spiro atoms. The third-order valence-corrected chi connectivity index (χ3v) is 9.49. The van der Waals surface area contributed by atoms with Crippen molar-refractivity contribution in [2.75, 3.05) is 26.4 Å². The van der Waals surface area contributed by atoms with Gasteiger partial charge in [-0.25, -0.2) is 4.57 Å². The molecule has 3 N–H and O–H groups in total. The van der Waals surface area contributed by atoms with Crippen LogP contribution in [-0.4, -0.2) is 65.7 Å². The van der Waals surface area contributed by atoms with Gasteiger partial charge < -0.3 is 24.6 Å². The molecular weight excluding hydrogens is 743 g/mol. The second-order valence-electron chi connectivity index (χ2n) is 14.0. The smallest absolute Gasteiger partial charge is 0.462 e. The lowest BCUT2D eigenvalue weighted by molar-refractivity contribution is -0.161. The number of carbonyl (C=O) groups is 2. The van der Waals surface area contributed by atoms with Gasteiger partial charge in [-0.2, -0.15) is 0 Å². The SMILES string of the molecule is CCCCC/C=C\C/C=C\C/C=C\C/C=C\C/C=C\CCC(=O)OC[C@H](COP(=O)(O)OC[C@@H](O)CO)OC(=O)CCCCCCC/C=C\C/C=C\CCCCC. The van der Waals surface area contributed by atoms with Gasteiger partial charge in [-0.05, 0) is 83.5 Å². The number of allylic oxidation sites excluding steroid dienone is 14. The summed E-state index contributed by atoms with van der Waals surface area (Å²) in [5, 5.41) is 18.3. The van der Waals surface area contributed by atoms with Crippen LogP contribution in [-0.2, 0) is 32.7 Å². The van der Waals surface area contributed by atoms with E-state index in [2.05, 4.69) is 91.3 Å². The maximum Gasteiger partial charge on any atom is 0.472 e. The van der Waals surface area contributed by atoms with Crippen LogP contribution >= 0.6 is 7.82 Å². The van der Waals surface area contributed by atoms with E-state index in [4.69, 9.17) is 19.1 Å². The first-order valence-corrected chi connectivity index (χ1v) is 23.0. The van der Waals surface area contributed by atoms with Gasteiger partial charge in [0.15, 0.2) is 6.10 Å². The number of unbranched alkanes of at least 4 members (excludes halogenated alkanes) is 11. The van der Waals surface area contributed by atoms with Crippen LogP contribution in [0.5, 0.6) is 0 Å². The summed E-state index contributed by atoms with van der Waals surface area (Å²) < 4.78 is 32.6. The van der Waals surface area contributed by atoms with Gasteiger partial charge in [0.1, 0.15) is 12.7 Å². The molecule has 0 aliphatic carbocycles. The summed E-state index contributed by atoms with van der Waals surface area (Å²) >= 11 is 0. The number of rotatable bonds is 39. The van der Waals surface area contributed by atoms with Crippen LogP contribution in [0.15, 0.2) is 85.1 Å². The summed E-state index contributed by atoms with van der Waals surface area (Å²) in [5.74, 6) is -1.05. The summed E-state index contributed by atoms with van der Waals surface area (Å²) in [7, 11) is -4.64. The lowest BCUT2D eigenvalue weighted by Gasteiger charge is -2.20. The van der Waals surface area contributed by atoms with E-state index < -0.39 is 51.8 Å². The highest BCUT2D eigenvalue weighted by atomic mass is 31.2. The van der Waals surface area contributed by atoms with Gasteiger partial charge in [0.05, 0.1) is 19.8 Å². The van der Waals surface area contributed by atoms with E-state index in [1.807, 2.05) is 12.2 Å². The van der Waals surface area contributed by atoms with E-state index in [1.165, 1.54) is 44.9 Å². The molecule has 0 fully saturated rings. The molecule has 0 heterocycles. The van der Waals surface area contributed by atoms with Crippen molar-refractivity contribution in [2.45, 2.75) is 167 Å². The van der Waals surface area contributed by atoms with E-state index in [0.29, 0.717) is 12.8 Å². The first-order chi connectivity index (χ1) is 27.7. The number of hydrogen-bond donors (Lipinski definition) is 3. The average molecular weight is 821 g/mol. The van der Waals surface area contributed by atoms with E-state index in [-0.39, 0.29) is 19.4 Å². The molecule has 0 radical (unpaired) electrons. The van der Waals surface area contributed by atoms with E-state index in [1.54, 1.807) is 0 Å². The Morgan fingerprint density at radius 3 is 1.44 bits per heavy atom. The lowest BCUT2D eigenvalue weighted by atomic mass is 10.1. The molecular formula is C46H77O10P. The largest absolute Gasteiger partial charge is 0.472 e. The van der Waals surface area contributed by atoms with Crippen molar-refractivity contribution in [3.63, 3.8) is 0 Å². The summed E-state index contributed by atoms with van der Waals surface area (Å²) in [4.78, 5) is 34.9. The normalized spacial score (nSPS) is 14.7. The van der Waals surface area contributed by atoms with Gasteiger partial charge in [0.25, 0.3) is 0 Å². The lowest BCUT2D eigenvalue weighted by Crippen LogP contribution is -2.29. The number of phosphoric ester groups is 1. The molecule has 0 rings (SSSR count). The van der Waals surface area contributed by atoms with Gasteiger partial charge >= 0.3 is 19.8 Å². The van der Waals surface area contributed by atoms with Crippen LogP contribution in [0, 0.1) is 0 Å². The first-order valence-electron chi connectivity index (χ1n) is 21.5. The van der Waals surface area contributed by atoms with Crippen molar-refractivity contribution in [1.29, 1.82) is 0 Å². The molecule has 0 aliphatic heterocycles. The minimum atomic E-state index is -4.64. The Hall–Kier alpha value is -2.85. The fourth-order valence-corrected chi connectivity index (χ4v) is 5.97. The topological polar surface area (TPSA) is 149 Å².